The first-order chi connectivity index (χ1) is 4.54. The predicted octanol–water partition coefficient (Wildman–Crippen LogP) is 0.121. The molecule has 4 nitrogen and oxygen atoms in total. The maximum absolute atomic E-state index is 9.24. The monoisotopic (exact) mass is 290 g/mol. The van der Waals surface area contributed by atoms with Gasteiger partial charge in [0.2, 0.25) is 0 Å². The molecule has 9 heteroatoms. The van der Waals surface area contributed by atoms with Crippen LogP contribution in [0.5, 0.6) is 0 Å². The van der Waals surface area contributed by atoms with Crippen LogP contribution in [0, 0.1) is 0 Å². The molecular weight excluding hydrogens is 288 g/mol. The molecule has 0 heterocycles. The van der Waals surface area contributed by atoms with Gasteiger partial charge in [-0.2, -0.15) is 0 Å². The summed E-state index contributed by atoms with van der Waals surface area (Å²) in [5.41, 5.74) is 0. The van der Waals surface area contributed by atoms with Crippen LogP contribution in [0.2, 0.25) is 0 Å². The second-order valence-corrected chi connectivity index (χ2v) is 3.79. The van der Waals surface area contributed by atoms with E-state index in [2.05, 4.69) is 0 Å². The average molecular weight is 292 g/mol. The quantitative estimate of drug-likeness (QED) is 0.411. The van der Waals surface area contributed by atoms with Gasteiger partial charge in [-0.25, -0.2) is 0 Å². The van der Waals surface area contributed by atoms with Crippen LogP contribution in [0.25, 0.3) is 0 Å². The number of alkyl halides is 2. The van der Waals surface area contributed by atoms with Gasteiger partial charge < -0.3 is 9.11 Å². The summed E-state index contributed by atoms with van der Waals surface area (Å²) in [6, 6.07) is 0. The van der Waals surface area contributed by atoms with Crippen molar-refractivity contribution in [3.63, 3.8) is 0 Å². The van der Waals surface area contributed by atoms with Crippen LogP contribution in [-0.2, 0) is 41.6 Å². The zero-order chi connectivity index (χ0) is 8.57. The molecule has 11 heavy (non-hydrogen) atoms. The molecule has 0 fully saturated rings. The Morgan fingerprint density at radius 3 is 1.09 bits per heavy atom. The summed E-state index contributed by atoms with van der Waals surface area (Å²) < 4.78 is 36.9. The Hall–Kier alpha value is 1.42. The minimum absolute atomic E-state index is 0. The maximum Gasteiger partial charge on any atom is 2.00 e. The third-order valence-electron chi connectivity index (χ3n) is 0.178. The van der Waals surface area contributed by atoms with E-state index in [1.807, 2.05) is 0 Å². The first-order valence-electron chi connectivity index (χ1n) is 1.78. The molecule has 0 bridgehead atoms. The molecule has 0 aliphatic rings. The van der Waals surface area contributed by atoms with E-state index in [0.29, 0.717) is 0 Å². The number of rotatable bonds is 2. The number of hydrogen-bond donors (Lipinski definition) is 0. The predicted molar refractivity (Wildman–Crippen MR) is 39.3 cm³/mol. The molecule has 0 radical (unpaired) electrons. The van der Waals surface area contributed by atoms with Gasteiger partial charge in [-0.15, -0.1) is 23.2 Å². The van der Waals surface area contributed by atoms with E-state index in [-0.39, 0.29) is 29.9 Å². The van der Waals surface area contributed by atoms with Crippen molar-refractivity contribution in [3.8, 4) is 0 Å². The van der Waals surface area contributed by atoms with Gasteiger partial charge in [0.15, 0.2) is 0 Å². The van der Waals surface area contributed by atoms with Crippen molar-refractivity contribution in [1.82, 2.24) is 0 Å². The Balaban J connectivity index is -0.000000107. The summed E-state index contributed by atoms with van der Waals surface area (Å²) in [6.45, 7) is 0. The molecule has 0 amide bonds. The van der Waals surface area contributed by atoms with Crippen molar-refractivity contribution in [2.45, 2.75) is 0 Å². The first-order valence-corrected chi connectivity index (χ1v) is 5.34. The molecular formula is C2H4Cl2O4S2Zn. The second-order valence-electron chi connectivity index (χ2n) is 0.826. The minimum atomic E-state index is -2.06. The largest absolute Gasteiger partial charge is 2.00 e. The zero-order valence-corrected chi connectivity index (χ0v) is 11.4. The molecule has 0 aliphatic carbocycles. The molecule has 64 valence electrons. The van der Waals surface area contributed by atoms with Gasteiger partial charge in [0, 0.05) is 0 Å². The van der Waals surface area contributed by atoms with Crippen LogP contribution >= 0.6 is 23.2 Å². The summed E-state index contributed by atoms with van der Waals surface area (Å²) in [5.74, 6) is 0. The summed E-state index contributed by atoms with van der Waals surface area (Å²) in [6.07, 6.45) is 0. The van der Waals surface area contributed by atoms with E-state index in [4.69, 9.17) is 23.2 Å². The second kappa shape index (κ2) is 14.0. The van der Waals surface area contributed by atoms with Crippen molar-refractivity contribution < 1.29 is 37.0 Å². The fourth-order valence-electron chi connectivity index (χ4n) is 0. The Kier molecular flexibility index (Phi) is 23.2. The van der Waals surface area contributed by atoms with Crippen molar-refractivity contribution in [1.29, 1.82) is 0 Å². The molecule has 0 N–H and O–H groups in total. The van der Waals surface area contributed by atoms with Gasteiger partial charge in [0.25, 0.3) is 0 Å². The van der Waals surface area contributed by atoms with Crippen molar-refractivity contribution in [3.05, 3.63) is 0 Å². The van der Waals surface area contributed by atoms with Crippen LogP contribution in [0.15, 0.2) is 0 Å². The average Bonchev–Trinajstić information content (AvgIpc) is 1.89. The van der Waals surface area contributed by atoms with Gasteiger partial charge in [-0.3, -0.25) is 8.42 Å². The molecule has 0 aliphatic heterocycles. The van der Waals surface area contributed by atoms with E-state index in [9.17, 15) is 17.5 Å². The standard InChI is InChI=1S/2CH3ClO2S.Zn/c2*2-1-5(3)4;/h2*1H2,(H,3,4);/q;;+2/p-2. The third kappa shape index (κ3) is 34.5. The van der Waals surface area contributed by atoms with Gasteiger partial charge in [0.1, 0.15) is 0 Å². The van der Waals surface area contributed by atoms with E-state index in [0.717, 1.165) is 0 Å². The molecule has 0 aromatic rings. The molecule has 2 atom stereocenters. The topological polar surface area (TPSA) is 80.3 Å². The fourth-order valence-corrected chi connectivity index (χ4v) is 0. The van der Waals surface area contributed by atoms with Gasteiger partial charge >= 0.3 is 19.5 Å². The normalized spacial score (nSPS) is 13.5. The first kappa shape index (κ1) is 18.3. The summed E-state index contributed by atoms with van der Waals surface area (Å²) >= 11 is 5.33. The summed E-state index contributed by atoms with van der Waals surface area (Å²) in [7, 11) is 0. The molecule has 2 unspecified atom stereocenters. The van der Waals surface area contributed by atoms with Crippen molar-refractivity contribution in [2.24, 2.45) is 0 Å². The molecule has 0 saturated carbocycles. The van der Waals surface area contributed by atoms with E-state index >= 15 is 0 Å². The SMILES string of the molecule is O=S([O-])CCl.O=S([O-])CCl.[Zn+2]. The van der Waals surface area contributed by atoms with Gasteiger partial charge in [-0.1, -0.05) is 0 Å². The molecule has 0 aromatic carbocycles. The summed E-state index contributed by atoms with van der Waals surface area (Å²) in [5, 5.41) is -0.611. The van der Waals surface area contributed by atoms with Gasteiger partial charge in [0.05, 0.1) is 10.4 Å². The van der Waals surface area contributed by atoms with Gasteiger partial charge in [-0.05, 0) is 22.2 Å². The minimum Gasteiger partial charge on any atom is -0.771 e. The Bertz CT molecular complexity index is 109. The van der Waals surface area contributed by atoms with E-state index in [1.54, 1.807) is 0 Å². The van der Waals surface area contributed by atoms with Crippen molar-refractivity contribution >= 4 is 45.4 Å². The smallest absolute Gasteiger partial charge is 0.771 e. The fraction of sp³-hybridized carbons (Fsp3) is 1.00. The van der Waals surface area contributed by atoms with Crippen LogP contribution in [0.4, 0.5) is 0 Å². The van der Waals surface area contributed by atoms with Crippen LogP contribution in [0.1, 0.15) is 0 Å². The Labute approximate surface area is 92.4 Å². The molecule has 0 saturated heterocycles. The maximum atomic E-state index is 9.24. The number of hydrogen-bond acceptors (Lipinski definition) is 4. The molecule has 0 aromatic heterocycles. The molecule has 0 spiro atoms. The number of halogens is 2. The van der Waals surface area contributed by atoms with E-state index < -0.39 is 22.2 Å². The van der Waals surface area contributed by atoms with Crippen LogP contribution < -0.4 is 0 Å². The third-order valence-corrected chi connectivity index (χ3v) is 1.60. The Morgan fingerprint density at radius 2 is 1.09 bits per heavy atom. The van der Waals surface area contributed by atoms with Crippen molar-refractivity contribution in [2.75, 3.05) is 10.4 Å². The summed E-state index contributed by atoms with van der Waals surface area (Å²) in [4.78, 5) is 0. The molecule has 0 rings (SSSR count). The Morgan fingerprint density at radius 1 is 1.00 bits per heavy atom. The van der Waals surface area contributed by atoms with Crippen LogP contribution in [-0.4, -0.2) is 27.9 Å². The van der Waals surface area contributed by atoms with E-state index in [1.165, 1.54) is 0 Å². The zero-order valence-electron chi connectivity index (χ0n) is 5.33. The van der Waals surface area contributed by atoms with Crippen LogP contribution in [0.3, 0.4) is 0 Å².